The van der Waals surface area contributed by atoms with Crippen LogP contribution in [0.1, 0.15) is 52.9 Å². The first-order chi connectivity index (χ1) is 9.95. The Morgan fingerprint density at radius 3 is 2.57 bits per heavy atom. The van der Waals surface area contributed by atoms with Gasteiger partial charge in [0.15, 0.2) is 0 Å². The number of nitrogens with zero attached hydrogens (tertiary/aromatic N) is 1. The summed E-state index contributed by atoms with van der Waals surface area (Å²) < 4.78 is 0. The van der Waals surface area contributed by atoms with E-state index in [1.165, 1.54) is 25.7 Å². The Kier molecular flexibility index (Phi) is 3.98. The van der Waals surface area contributed by atoms with Crippen LogP contribution in [-0.4, -0.2) is 35.3 Å². The Morgan fingerprint density at radius 1 is 1.24 bits per heavy atom. The lowest BCUT2D eigenvalue weighted by Crippen LogP contribution is -2.63. The molecular weight excluding hydrogens is 264 g/mol. The molecule has 4 nitrogen and oxygen atoms in total. The van der Waals surface area contributed by atoms with Crippen LogP contribution in [0.3, 0.4) is 0 Å². The van der Waals surface area contributed by atoms with E-state index >= 15 is 0 Å². The number of hydrogen-bond donors (Lipinski definition) is 1. The summed E-state index contributed by atoms with van der Waals surface area (Å²) in [5, 5.41) is 2.91. The van der Waals surface area contributed by atoms with Crippen molar-refractivity contribution in [2.75, 3.05) is 6.54 Å². The standard InChI is InChI=1S/C17H28N2O2/c1-10(2)6-15-17(21)19(11(3)16(20)18-15)9-14-8-12-4-5-13(14)7-12/h10-15H,4-9H2,1-3H3,(H,18,20). The monoisotopic (exact) mass is 292 g/mol. The summed E-state index contributed by atoms with van der Waals surface area (Å²) in [7, 11) is 0. The van der Waals surface area contributed by atoms with Gasteiger partial charge in [-0.05, 0) is 56.3 Å². The first-order valence-electron chi connectivity index (χ1n) is 8.56. The highest BCUT2D eigenvalue weighted by atomic mass is 16.2. The van der Waals surface area contributed by atoms with Crippen molar-refractivity contribution in [2.24, 2.45) is 23.7 Å². The normalized spacial score (nSPS) is 39.2. The van der Waals surface area contributed by atoms with E-state index in [0.29, 0.717) is 11.8 Å². The zero-order valence-corrected chi connectivity index (χ0v) is 13.5. The second-order valence-corrected chi connectivity index (χ2v) is 7.79. The largest absolute Gasteiger partial charge is 0.343 e. The molecule has 0 spiro atoms. The highest BCUT2D eigenvalue weighted by molar-refractivity contribution is 5.96. The molecule has 0 radical (unpaired) electrons. The molecule has 1 heterocycles. The van der Waals surface area contributed by atoms with E-state index in [1.54, 1.807) is 0 Å². The van der Waals surface area contributed by atoms with Crippen molar-refractivity contribution in [3.05, 3.63) is 0 Å². The molecule has 2 bridgehead atoms. The van der Waals surface area contributed by atoms with Gasteiger partial charge in [-0.3, -0.25) is 9.59 Å². The summed E-state index contributed by atoms with van der Waals surface area (Å²) >= 11 is 0. The van der Waals surface area contributed by atoms with Gasteiger partial charge in [-0.1, -0.05) is 20.3 Å². The molecule has 21 heavy (non-hydrogen) atoms. The van der Waals surface area contributed by atoms with Crippen molar-refractivity contribution in [3.8, 4) is 0 Å². The number of nitrogens with one attached hydrogen (secondary N) is 1. The fraction of sp³-hybridized carbons (Fsp3) is 0.882. The van der Waals surface area contributed by atoms with Crippen LogP contribution in [0.25, 0.3) is 0 Å². The smallest absolute Gasteiger partial charge is 0.245 e. The molecule has 3 fully saturated rings. The van der Waals surface area contributed by atoms with Crippen LogP contribution < -0.4 is 5.32 Å². The molecule has 1 aliphatic heterocycles. The molecule has 1 N–H and O–H groups in total. The van der Waals surface area contributed by atoms with Crippen LogP contribution in [0, 0.1) is 23.7 Å². The van der Waals surface area contributed by atoms with Crippen LogP contribution in [-0.2, 0) is 9.59 Å². The topological polar surface area (TPSA) is 49.4 Å². The Bertz CT molecular complexity index is 435. The Hall–Kier alpha value is -1.06. The van der Waals surface area contributed by atoms with Crippen LogP contribution in [0.15, 0.2) is 0 Å². The molecule has 1 saturated heterocycles. The number of fused-ring (bicyclic) bond motifs is 2. The van der Waals surface area contributed by atoms with Gasteiger partial charge >= 0.3 is 0 Å². The summed E-state index contributed by atoms with van der Waals surface area (Å²) in [6.07, 6.45) is 6.05. The molecule has 2 saturated carbocycles. The minimum absolute atomic E-state index is 0.0170. The molecule has 5 unspecified atom stereocenters. The Labute approximate surface area is 127 Å². The lowest BCUT2D eigenvalue weighted by Gasteiger charge is -2.40. The summed E-state index contributed by atoms with van der Waals surface area (Å²) in [5.74, 6) is 2.87. The number of carbonyl (C=O) groups excluding carboxylic acids is 2. The Morgan fingerprint density at radius 2 is 2.00 bits per heavy atom. The second kappa shape index (κ2) is 5.62. The lowest BCUT2D eigenvalue weighted by atomic mass is 9.87. The summed E-state index contributed by atoms with van der Waals surface area (Å²) in [6, 6.07) is -0.618. The van der Waals surface area contributed by atoms with Crippen LogP contribution >= 0.6 is 0 Å². The molecule has 4 heteroatoms. The van der Waals surface area contributed by atoms with Gasteiger partial charge in [-0.25, -0.2) is 0 Å². The highest BCUT2D eigenvalue weighted by Gasteiger charge is 2.44. The average Bonchev–Trinajstić information content (AvgIpc) is 3.02. The zero-order chi connectivity index (χ0) is 15.1. The van der Waals surface area contributed by atoms with Gasteiger partial charge in [-0.2, -0.15) is 0 Å². The van der Waals surface area contributed by atoms with E-state index in [4.69, 9.17) is 0 Å². The van der Waals surface area contributed by atoms with Crippen molar-refractivity contribution < 1.29 is 9.59 Å². The van der Waals surface area contributed by atoms with Crippen molar-refractivity contribution >= 4 is 11.8 Å². The third-order valence-electron chi connectivity index (χ3n) is 5.77. The first kappa shape index (κ1) is 14.9. The molecule has 0 aromatic rings. The van der Waals surface area contributed by atoms with E-state index in [1.807, 2.05) is 11.8 Å². The maximum absolute atomic E-state index is 12.7. The number of hydrogen-bond acceptors (Lipinski definition) is 2. The zero-order valence-electron chi connectivity index (χ0n) is 13.5. The molecule has 0 aromatic heterocycles. The van der Waals surface area contributed by atoms with Gasteiger partial charge in [0.1, 0.15) is 12.1 Å². The number of carbonyl (C=O) groups is 2. The summed E-state index contributed by atoms with van der Waals surface area (Å²) in [4.78, 5) is 26.8. The van der Waals surface area contributed by atoms with Gasteiger partial charge in [0.25, 0.3) is 0 Å². The number of rotatable bonds is 4. The van der Waals surface area contributed by atoms with Crippen LogP contribution in [0.5, 0.6) is 0 Å². The van der Waals surface area contributed by atoms with Crippen LogP contribution in [0.2, 0.25) is 0 Å². The maximum atomic E-state index is 12.7. The molecule has 118 valence electrons. The van der Waals surface area contributed by atoms with Crippen molar-refractivity contribution in [2.45, 2.75) is 65.0 Å². The molecular formula is C17H28N2O2. The van der Waals surface area contributed by atoms with Gasteiger partial charge in [-0.15, -0.1) is 0 Å². The predicted octanol–water partition coefficient (Wildman–Crippen LogP) is 2.18. The summed E-state index contributed by atoms with van der Waals surface area (Å²) in [6.45, 7) is 6.85. The number of amides is 2. The van der Waals surface area contributed by atoms with Crippen LogP contribution in [0.4, 0.5) is 0 Å². The van der Waals surface area contributed by atoms with Crippen molar-refractivity contribution in [1.82, 2.24) is 10.2 Å². The molecule has 2 amide bonds. The van der Waals surface area contributed by atoms with E-state index in [-0.39, 0.29) is 23.9 Å². The van der Waals surface area contributed by atoms with Gasteiger partial charge in [0, 0.05) is 6.54 Å². The first-order valence-corrected chi connectivity index (χ1v) is 8.56. The minimum Gasteiger partial charge on any atom is -0.343 e. The molecule has 3 rings (SSSR count). The van der Waals surface area contributed by atoms with Gasteiger partial charge in [0.05, 0.1) is 0 Å². The fourth-order valence-electron chi connectivity index (χ4n) is 4.62. The van der Waals surface area contributed by atoms with Crippen molar-refractivity contribution in [3.63, 3.8) is 0 Å². The molecule has 3 aliphatic rings. The molecule has 0 aromatic carbocycles. The average molecular weight is 292 g/mol. The SMILES string of the molecule is CC(C)CC1NC(=O)C(C)N(CC2CC3CCC2C3)C1=O. The lowest BCUT2D eigenvalue weighted by molar-refractivity contribution is -0.150. The highest BCUT2D eigenvalue weighted by Crippen LogP contribution is 2.48. The minimum atomic E-state index is -0.313. The van der Waals surface area contributed by atoms with Gasteiger partial charge in [0.2, 0.25) is 11.8 Å². The van der Waals surface area contributed by atoms with E-state index < -0.39 is 0 Å². The van der Waals surface area contributed by atoms with E-state index in [9.17, 15) is 9.59 Å². The van der Waals surface area contributed by atoms with E-state index in [0.717, 1.165) is 24.8 Å². The van der Waals surface area contributed by atoms with Gasteiger partial charge < -0.3 is 10.2 Å². The quantitative estimate of drug-likeness (QED) is 0.863. The predicted molar refractivity (Wildman–Crippen MR) is 81.5 cm³/mol. The summed E-state index contributed by atoms with van der Waals surface area (Å²) in [5.41, 5.74) is 0. The van der Waals surface area contributed by atoms with Crippen molar-refractivity contribution in [1.29, 1.82) is 0 Å². The maximum Gasteiger partial charge on any atom is 0.245 e. The fourth-order valence-corrected chi connectivity index (χ4v) is 4.62. The second-order valence-electron chi connectivity index (χ2n) is 7.79. The molecule has 5 atom stereocenters. The third kappa shape index (κ3) is 2.82. The number of piperazine rings is 1. The third-order valence-corrected chi connectivity index (χ3v) is 5.77. The Balaban J connectivity index is 1.69. The van der Waals surface area contributed by atoms with E-state index in [2.05, 4.69) is 19.2 Å². The molecule has 2 aliphatic carbocycles.